The standard InChI is InChI=1S/C16H19FN2OS/c17-14-3-1-12(2-4-14)7-13-5-6-19(9-16(13)20)8-15-10-21-11-18-15/h1-4,10-11,13,16,20H,5-9H2/t13-,16+/m1/s1. The number of β-amino-alcohol motifs (C(OH)–C–C–N with tert-alkyl or cyclic N) is 1. The van der Waals surface area contributed by atoms with Gasteiger partial charge in [0.15, 0.2) is 0 Å². The van der Waals surface area contributed by atoms with E-state index in [2.05, 4.69) is 15.3 Å². The summed E-state index contributed by atoms with van der Waals surface area (Å²) in [5.41, 5.74) is 4.00. The summed E-state index contributed by atoms with van der Waals surface area (Å²) in [7, 11) is 0. The van der Waals surface area contributed by atoms with Crippen molar-refractivity contribution in [2.75, 3.05) is 13.1 Å². The van der Waals surface area contributed by atoms with Gasteiger partial charge in [-0.2, -0.15) is 0 Å². The van der Waals surface area contributed by atoms with Gasteiger partial charge in [0, 0.05) is 18.5 Å². The Morgan fingerprint density at radius 3 is 2.81 bits per heavy atom. The largest absolute Gasteiger partial charge is 0.391 e. The van der Waals surface area contributed by atoms with Gasteiger partial charge < -0.3 is 5.11 Å². The predicted molar refractivity (Wildman–Crippen MR) is 81.6 cm³/mol. The molecule has 2 atom stereocenters. The molecule has 5 heteroatoms. The van der Waals surface area contributed by atoms with Gasteiger partial charge in [0.05, 0.1) is 17.3 Å². The molecule has 1 saturated heterocycles. The first kappa shape index (κ1) is 14.6. The van der Waals surface area contributed by atoms with Crippen LogP contribution >= 0.6 is 11.3 Å². The summed E-state index contributed by atoms with van der Waals surface area (Å²) in [6.45, 7) is 2.47. The molecule has 0 amide bonds. The molecule has 0 spiro atoms. The van der Waals surface area contributed by atoms with Gasteiger partial charge in [0.2, 0.25) is 0 Å². The minimum Gasteiger partial charge on any atom is -0.391 e. The molecule has 0 aliphatic carbocycles. The topological polar surface area (TPSA) is 36.4 Å². The molecule has 0 unspecified atom stereocenters. The maximum Gasteiger partial charge on any atom is 0.123 e. The molecule has 1 aromatic heterocycles. The molecule has 21 heavy (non-hydrogen) atoms. The fraction of sp³-hybridized carbons (Fsp3) is 0.438. The highest BCUT2D eigenvalue weighted by Gasteiger charge is 2.27. The van der Waals surface area contributed by atoms with Crippen LogP contribution in [0.2, 0.25) is 0 Å². The van der Waals surface area contributed by atoms with E-state index in [0.717, 1.165) is 37.2 Å². The van der Waals surface area contributed by atoms with Gasteiger partial charge >= 0.3 is 0 Å². The summed E-state index contributed by atoms with van der Waals surface area (Å²) in [6, 6.07) is 6.59. The molecular formula is C16H19FN2OS. The predicted octanol–water partition coefficient (Wildman–Crippen LogP) is 2.71. The monoisotopic (exact) mass is 306 g/mol. The van der Waals surface area contributed by atoms with Crippen LogP contribution in [0.4, 0.5) is 4.39 Å². The Bertz CT molecular complexity index is 558. The number of aliphatic hydroxyl groups is 1. The van der Waals surface area contributed by atoms with Crippen LogP contribution in [0.15, 0.2) is 35.2 Å². The highest BCUT2D eigenvalue weighted by atomic mass is 32.1. The number of halogens is 1. The minimum atomic E-state index is -0.331. The van der Waals surface area contributed by atoms with Crippen LogP contribution in [0.25, 0.3) is 0 Å². The van der Waals surface area contributed by atoms with Crippen LogP contribution in [0.5, 0.6) is 0 Å². The van der Waals surface area contributed by atoms with Crippen molar-refractivity contribution in [1.82, 2.24) is 9.88 Å². The van der Waals surface area contributed by atoms with Crippen LogP contribution in [0.1, 0.15) is 17.7 Å². The van der Waals surface area contributed by atoms with Crippen molar-refractivity contribution in [2.24, 2.45) is 5.92 Å². The van der Waals surface area contributed by atoms with E-state index in [1.807, 2.05) is 17.6 Å². The summed E-state index contributed by atoms with van der Waals surface area (Å²) >= 11 is 1.60. The first-order valence-corrected chi connectivity index (χ1v) is 8.17. The van der Waals surface area contributed by atoms with Gasteiger partial charge in [-0.1, -0.05) is 12.1 Å². The SMILES string of the molecule is O[C@H]1CN(Cc2cscn2)CC[C@@H]1Cc1ccc(F)cc1. The molecule has 0 bridgehead atoms. The number of benzene rings is 1. The number of nitrogens with zero attached hydrogens (tertiary/aromatic N) is 2. The Morgan fingerprint density at radius 2 is 2.14 bits per heavy atom. The van der Waals surface area contributed by atoms with E-state index in [4.69, 9.17) is 0 Å². The number of aromatic nitrogens is 1. The number of thiazole rings is 1. The van der Waals surface area contributed by atoms with Crippen LogP contribution < -0.4 is 0 Å². The van der Waals surface area contributed by atoms with Crippen molar-refractivity contribution in [3.63, 3.8) is 0 Å². The van der Waals surface area contributed by atoms with Crippen molar-refractivity contribution >= 4 is 11.3 Å². The Hall–Kier alpha value is -1.30. The van der Waals surface area contributed by atoms with Crippen LogP contribution in [-0.4, -0.2) is 34.2 Å². The zero-order valence-corrected chi connectivity index (χ0v) is 12.6. The van der Waals surface area contributed by atoms with Crippen molar-refractivity contribution in [2.45, 2.75) is 25.5 Å². The number of likely N-dealkylation sites (tertiary alicyclic amines) is 1. The maximum absolute atomic E-state index is 12.9. The summed E-state index contributed by atoms with van der Waals surface area (Å²) in [5.74, 6) is 0.0412. The van der Waals surface area contributed by atoms with E-state index in [1.54, 1.807) is 11.3 Å². The van der Waals surface area contributed by atoms with Gasteiger partial charge in [-0.25, -0.2) is 9.37 Å². The van der Waals surface area contributed by atoms with Crippen molar-refractivity contribution in [3.8, 4) is 0 Å². The molecule has 0 radical (unpaired) electrons. The molecule has 1 fully saturated rings. The smallest absolute Gasteiger partial charge is 0.123 e. The second-order valence-corrected chi connectivity index (χ2v) is 6.38. The van der Waals surface area contributed by atoms with E-state index in [0.29, 0.717) is 6.54 Å². The van der Waals surface area contributed by atoms with E-state index in [9.17, 15) is 9.50 Å². The van der Waals surface area contributed by atoms with Gasteiger partial charge in [0.25, 0.3) is 0 Å². The summed E-state index contributed by atoms with van der Waals surface area (Å²) < 4.78 is 12.9. The fourth-order valence-electron chi connectivity index (χ4n) is 2.90. The van der Waals surface area contributed by atoms with Crippen molar-refractivity contribution in [3.05, 3.63) is 52.2 Å². The zero-order chi connectivity index (χ0) is 14.7. The quantitative estimate of drug-likeness (QED) is 0.943. The molecule has 0 saturated carbocycles. The van der Waals surface area contributed by atoms with Crippen molar-refractivity contribution < 1.29 is 9.50 Å². The van der Waals surface area contributed by atoms with Gasteiger partial charge in [-0.15, -0.1) is 11.3 Å². The van der Waals surface area contributed by atoms with Gasteiger partial charge in [0.1, 0.15) is 5.82 Å². The lowest BCUT2D eigenvalue weighted by molar-refractivity contribution is 0.0184. The van der Waals surface area contributed by atoms with Gasteiger partial charge in [-0.05, 0) is 43.0 Å². The molecule has 3 nitrogen and oxygen atoms in total. The molecule has 2 heterocycles. The number of rotatable bonds is 4. The Labute approximate surface area is 128 Å². The lowest BCUT2D eigenvalue weighted by Crippen LogP contribution is -2.44. The molecular weight excluding hydrogens is 287 g/mol. The fourth-order valence-corrected chi connectivity index (χ4v) is 3.44. The summed E-state index contributed by atoms with van der Waals surface area (Å²) in [6.07, 6.45) is 1.44. The molecule has 1 aliphatic rings. The molecule has 112 valence electrons. The molecule has 2 aromatic rings. The number of hydrogen-bond acceptors (Lipinski definition) is 4. The second-order valence-electron chi connectivity index (χ2n) is 5.66. The molecule has 1 N–H and O–H groups in total. The molecule has 1 aliphatic heterocycles. The van der Waals surface area contributed by atoms with Gasteiger partial charge in [-0.3, -0.25) is 4.90 Å². The third-order valence-electron chi connectivity index (χ3n) is 4.09. The summed E-state index contributed by atoms with van der Waals surface area (Å²) in [5, 5.41) is 12.4. The molecule has 1 aromatic carbocycles. The second kappa shape index (κ2) is 6.64. The lowest BCUT2D eigenvalue weighted by atomic mass is 9.88. The van der Waals surface area contributed by atoms with E-state index in [-0.39, 0.29) is 17.8 Å². The Balaban J connectivity index is 1.54. The van der Waals surface area contributed by atoms with Crippen molar-refractivity contribution in [1.29, 1.82) is 0 Å². The normalized spacial score (nSPS) is 23.3. The van der Waals surface area contributed by atoms with Crippen LogP contribution in [0.3, 0.4) is 0 Å². The highest BCUT2D eigenvalue weighted by molar-refractivity contribution is 7.07. The van der Waals surface area contributed by atoms with E-state index >= 15 is 0 Å². The Kier molecular flexibility index (Phi) is 4.63. The molecule has 3 rings (SSSR count). The zero-order valence-electron chi connectivity index (χ0n) is 11.8. The summed E-state index contributed by atoms with van der Waals surface area (Å²) in [4.78, 5) is 6.54. The van der Waals surface area contributed by atoms with E-state index < -0.39 is 0 Å². The lowest BCUT2D eigenvalue weighted by Gasteiger charge is -2.35. The number of hydrogen-bond donors (Lipinski definition) is 1. The van der Waals surface area contributed by atoms with Crippen LogP contribution in [-0.2, 0) is 13.0 Å². The number of aliphatic hydroxyl groups excluding tert-OH is 1. The maximum atomic E-state index is 12.9. The van der Waals surface area contributed by atoms with Crippen LogP contribution in [0, 0.1) is 11.7 Å². The first-order chi connectivity index (χ1) is 10.2. The highest BCUT2D eigenvalue weighted by Crippen LogP contribution is 2.23. The van der Waals surface area contributed by atoms with E-state index in [1.165, 1.54) is 12.1 Å². The average Bonchev–Trinajstić information content (AvgIpc) is 2.97. The minimum absolute atomic E-state index is 0.211. The first-order valence-electron chi connectivity index (χ1n) is 7.22. The number of piperidine rings is 1. The Morgan fingerprint density at radius 1 is 1.33 bits per heavy atom. The third-order valence-corrected chi connectivity index (χ3v) is 4.72. The average molecular weight is 306 g/mol. The third kappa shape index (κ3) is 3.87.